The standard InChI is InChI=1S/C73H128O6/c1-4-7-10-13-16-19-22-25-28-30-32-34-35-36-37-39-40-42-45-48-51-54-57-60-63-66-72(75)78-69-70(68-77-71(74)65-62-59-56-53-50-47-44-27-24-21-18-15-12-9-6-3)79-73(76)67-64-61-58-55-52-49-46-43-41-38-33-31-29-26-23-20-17-14-11-8-5-2/h9,12,18,21-22,25,27,30-33,35-36,44,70H,4-8,10-11,13-17,19-20,23-24,26,28-29,34,37-43,45-69H2,1-3H3/b12-9-,21-18-,25-22-,32-30-,33-31-,36-35-,44-27-. The number of allylic oxidation sites excluding steroid dienone is 14. The summed E-state index contributed by atoms with van der Waals surface area (Å²) in [5.74, 6) is -0.892. The molecular weight excluding hydrogens is 973 g/mol. The Balaban J connectivity index is 4.35. The Hall–Kier alpha value is -3.41. The first-order chi connectivity index (χ1) is 39.0. The first-order valence-electron chi connectivity index (χ1n) is 34.1. The van der Waals surface area contributed by atoms with Gasteiger partial charge in [0.15, 0.2) is 6.10 Å². The largest absolute Gasteiger partial charge is 0.462 e. The molecule has 0 bridgehead atoms. The molecule has 0 rings (SSSR count). The topological polar surface area (TPSA) is 78.9 Å². The third kappa shape index (κ3) is 65.3. The minimum Gasteiger partial charge on any atom is -0.462 e. The number of carbonyl (C=O) groups excluding carboxylic acids is 3. The quantitative estimate of drug-likeness (QED) is 0.0261. The van der Waals surface area contributed by atoms with E-state index < -0.39 is 6.10 Å². The summed E-state index contributed by atoms with van der Waals surface area (Å²) in [5.41, 5.74) is 0. The smallest absolute Gasteiger partial charge is 0.306 e. The second kappa shape index (κ2) is 67.1. The first kappa shape index (κ1) is 75.6. The number of hydrogen-bond acceptors (Lipinski definition) is 6. The van der Waals surface area contributed by atoms with Gasteiger partial charge in [0.1, 0.15) is 13.2 Å². The number of unbranched alkanes of at least 4 members (excludes halogenated alkanes) is 37. The van der Waals surface area contributed by atoms with E-state index >= 15 is 0 Å². The molecule has 0 saturated heterocycles. The molecule has 1 atom stereocenters. The number of carbonyl (C=O) groups is 3. The fraction of sp³-hybridized carbons (Fsp3) is 0.767. The number of hydrogen-bond donors (Lipinski definition) is 0. The van der Waals surface area contributed by atoms with Crippen LogP contribution in [-0.2, 0) is 28.6 Å². The van der Waals surface area contributed by atoms with E-state index in [0.717, 1.165) is 109 Å². The van der Waals surface area contributed by atoms with Crippen molar-refractivity contribution in [2.24, 2.45) is 0 Å². The molecule has 0 aromatic carbocycles. The van der Waals surface area contributed by atoms with Crippen LogP contribution in [0.25, 0.3) is 0 Å². The molecule has 6 nitrogen and oxygen atoms in total. The van der Waals surface area contributed by atoms with Crippen molar-refractivity contribution in [3.8, 4) is 0 Å². The predicted octanol–water partition coefficient (Wildman–Crippen LogP) is 23.4. The van der Waals surface area contributed by atoms with Crippen molar-refractivity contribution in [2.75, 3.05) is 13.2 Å². The Bertz CT molecular complexity index is 1500. The third-order valence-electron chi connectivity index (χ3n) is 14.9. The molecule has 0 aliphatic rings. The molecule has 0 spiro atoms. The van der Waals surface area contributed by atoms with E-state index in [1.165, 1.54) is 193 Å². The molecule has 456 valence electrons. The van der Waals surface area contributed by atoms with Crippen LogP contribution in [0.5, 0.6) is 0 Å². The third-order valence-corrected chi connectivity index (χ3v) is 14.9. The first-order valence-corrected chi connectivity index (χ1v) is 34.1. The van der Waals surface area contributed by atoms with Gasteiger partial charge in [0, 0.05) is 19.3 Å². The molecule has 0 amide bonds. The van der Waals surface area contributed by atoms with E-state index in [4.69, 9.17) is 14.2 Å². The normalized spacial score (nSPS) is 12.6. The summed E-state index contributed by atoms with van der Waals surface area (Å²) >= 11 is 0. The van der Waals surface area contributed by atoms with Crippen molar-refractivity contribution in [3.63, 3.8) is 0 Å². The molecule has 0 saturated carbocycles. The Morgan fingerprint density at radius 1 is 0.266 bits per heavy atom. The lowest BCUT2D eigenvalue weighted by molar-refractivity contribution is -0.167. The van der Waals surface area contributed by atoms with Gasteiger partial charge in [-0.25, -0.2) is 0 Å². The molecular formula is C73H128O6. The van der Waals surface area contributed by atoms with Crippen LogP contribution in [0.2, 0.25) is 0 Å². The lowest BCUT2D eigenvalue weighted by Crippen LogP contribution is -2.30. The summed E-state index contributed by atoms with van der Waals surface area (Å²) < 4.78 is 17.0. The molecule has 1 unspecified atom stereocenters. The predicted molar refractivity (Wildman–Crippen MR) is 344 cm³/mol. The fourth-order valence-electron chi connectivity index (χ4n) is 9.76. The fourth-order valence-corrected chi connectivity index (χ4v) is 9.76. The molecule has 0 aromatic rings. The molecule has 79 heavy (non-hydrogen) atoms. The SMILES string of the molecule is CC/C=C\C/C=C\C/C=C\CCCCCCCC(=O)OCC(COC(=O)CCCCCCCCCCCC/C=C\C/C=C\C/C=C\CCCCCCC)OC(=O)CCCCCCCCCCC/C=C\CCCCCCCCCC. The monoisotopic (exact) mass is 1100 g/mol. The van der Waals surface area contributed by atoms with E-state index in [0.29, 0.717) is 19.3 Å². The van der Waals surface area contributed by atoms with E-state index in [-0.39, 0.29) is 31.1 Å². The van der Waals surface area contributed by atoms with Crippen molar-refractivity contribution in [1.29, 1.82) is 0 Å². The Morgan fingerprint density at radius 2 is 0.494 bits per heavy atom. The van der Waals surface area contributed by atoms with Crippen molar-refractivity contribution >= 4 is 17.9 Å². The van der Waals surface area contributed by atoms with Crippen LogP contribution < -0.4 is 0 Å². The van der Waals surface area contributed by atoms with Crippen molar-refractivity contribution in [3.05, 3.63) is 85.1 Å². The van der Waals surface area contributed by atoms with Crippen LogP contribution in [0.3, 0.4) is 0 Å². The lowest BCUT2D eigenvalue weighted by atomic mass is 10.0. The maximum Gasteiger partial charge on any atom is 0.306 e. The highest BCUT2D eigenvalue weighted by molar-refractivity contribution is 5.71. The molecule has 0 aliphatic heterocycles. The lowest BCUT2D eigenvalue weighted by Gasteiger charge is -2.18. The van der Waals surface area contributed by atoms with E-state index in [1.807, 2.05) is 0 Å². The summed E-state index contributed by atoms with van der Waals surface area (Å²) in [6.45, 7) is 6.54. The van der Waals surface area contributed by atoms with Gasteiger partial charge < -0.3 is 14.2 Å². The Morgan fingerprint density at radius 3 is 0.785 bits per heavy atom. The molecule has 0 aromatic heterocycles. The zero-order valence-corrected chi connectivity index (χ0v) is 52.4. The summed E-state index contributed by atoms with van der Waals surface area (Å²) in [6.07, 6.45) is 88.8. The average molecular weight is 1100 g/mol. The minimum atomic E-state index is -0.789. The summed E-state index contributed by atoms with van der Waals surface area (Å²) in [7, 11) is 0. The summed E-state index contributed by atoms with van der Waals surface area (Å²) in [5, 5.41) is 0. The van der Waals surface area contributed by atoms with Crippen LogP contribution in [0.1, 0.15) is 342 Å². The average Bonchev–Trinajstić information content (AvgIpc) is 3.45. The molecule has 0 heterocycles. The zero-order chi connectivity index (χ0) is 57.1. The minimum absolute atomic E-state index is 0.0838. The Labute approximate surface area is 490 Å². The highest BCUT2D eigenvalue weighted by atomic mass is 16.6. The summed E-state index contributed by atoms with van der Waals surface area (Å²) in [6, 6.07) is 0. The highest BCUT2D eigenvalue weighted by Crippen LogP contribution is 2.17. The van der Waals surface area contributed by atoms with Crippen LogP contribution in [0, 0.1) is 0 Å². The van der Waals surface area contributed by atoms with E-state index in [9.17, 15) is 14.4 Å². The maximum atomic E-state index is 12.9. The molecule has 0 fully saturated rings. The van der Waals surface area contributed by atoms with Crippen molar-refractivity contribution < 1.29 is 28.6 Å². The van der Waals surface area contributed by atoms with E-state index in [2.05, 4.69) is 106 Å². The summed E-state index contributed by atoms with van der Waals surface area (Å²) in [4.78, 5) is 38.4. The zero-order valence-electron chi connectivity index (χ0n) is 52.4. The van der Waals surface area contributed by atoms with Crippen molar-refractivity contribution in [2.45, 2.75) is 348 Å². The van der Waals surface area contributed by atoms with Gasteiger partial charge in [-0.05, 0) is 116 Å². The number of rotatable bonds is 62. The van der Waals surface area contributed by atoms with Gasteiger partial charge in [0.25, 0.3) is 0 Å². The second-order valence-electron chi connectivity index (χ2n) is 22.7. The van der Waals surface area contributed by atoms with Gasteiger partial charge in [-0.15, -0.1) is 0 Å². The van der Waals surface area contributed by atoms with Gasteiger partial charge in [-0.2, -0.15) is 0 Å². The maximum absolute atomic E-state index is 12.9. The van der Waals surface area contributed by atoms with Gasteiger partial charge >= 0.3 is 17.9 Å². The number of ether oxygens (including phenoxy) is 3. The van der Waals surface area contributed by atoms with Crippen LogP contribution >= 0.6 is 0 Å². The van der Waals surface area contributed by atoms with E-state index in [1.54, 1.807) is 0 Å². The van der Waals surface area contributed by atoms with Crippen LogP contribution in [-0.4, -0.2) is 37.2 Å². The van der Waals surface area contributed by atoms with Crippen LogP contribution in [0.4, 0.5) is 0 Å². The van der Waals surface area contributed by atoms with Gasteiger partial charge in [0.2, 0.25) is 0 Å². The molecule has 0 radical (unpaired) electrons. The van der Waals surface area contributed by atoms with Gasteiger partial charge in [-0.3, -0.25) is 14.4 Å². The van der Waals surface area contributed by atoms with Crippen molar-refractivity contribution in [1.82, 2.24) is 0 Å². The Kier molecular flexibility index (Phi) is 64.2. The number of esters is 3. The highest BCUT2D eigenvalue weighted by Gasteiger charge is 2.19. The second-order valence-corrected chi connectivity index (χ2v) is 22.7. The molecule has 0 aliphatic carbocycles. The molecule has 0 N–H and O–H groups in total. The molecule has 6 heteroatoms. The van der Waals surface area contributed by atoms with Gasteiger partial charge in [-0.1, -0.05) is 292 Å². The van der Waals surface area contributed by atoms with Gasteiger partial charge in [0.05, 0.1) is 0 Å². The van der Waals surface area contributed by atoms with Crippen LogP contribution in [0.15, 0.2) is 85.1 Å².